The second-order valence-electron chi connectivity index (χ2n) is 10.5. The lowest BCUT2D eigenvalue weighted by atomic mass is 10.2. The molecule has 1 heterocycles. The molecule has 0 atom stereocenters. The molecule has 40 heavy (non-hydrogen) atoms. The molecule has 0 unspecified atom stereocenters. The zero-order valence-electron chi connectivity index (χ0n) is 24.6. The molecule has 2 aromatic rings. The number of carbonyl (C=O) groups is 2. The highest BCUT2D eigenvalue weighted by Gasteiger charge is 2.20. The Balaban J connectivity index is 1.86. The van der Waals surface area contributed by atoms with Gasteiger partial charge in [0, 0.05) is 24.0 Å². The van der Waals surface area contributed by atoms with E-state index < -0.39 is 23.5 Å². The Morgan fingerprint density at radius 2 is 1.90 bits per heavy atom. The average Bonchev–Trinajstić information content (AvgIpc) is 3.28. The summed E-state index contributed by atoms with van der Waals surface area (Å²) >= 11 is 1.42. The highest BCUT2D eigenvalue weighted by Crippen LogP contribution is 2.26. The van der Waals surface area contributed by atoms with Gasteiger partial charge in [0.1, 0.15) is 5.60 Å². The van der Waals surface area contributed by atoms with Crippen molar-refractivity contribution in [2.45, 2.75) is 52.1 Å². The first-order chi connectivity index (χ1) is 18.9. The van der Waals surface area contributed by atoms with Crippen LogP contribution in [0.25, 0.3) is 0 Å². The fourth-order valence-electron chi connectivity index (χ4n) is 3.38. The number of methoxy groups -OCH3 is 1. The lowest BCUT2D eigenvalue weighted by molar-refractivity contribution is 0.0320. The van der Waals surface area contributed by atoms with Gasteiger partial charge in [0.25, 0.3) is 0 Å². The minimum atomic E-state index is -0.590. The number of hydrogen-bond acceptors (Lipinski definition) is 9. The van der Waals surface area contributed by atoms with Crippen LogP contribution in [0.3, 0.4) is 0 Å². The number of halogens is 1. The molecule has 0 aliphatic rings. The molecular weight excluding hydrogens is 535 g/mol. The SMILES string of the molecule is COC(=O)c1nc(NCCCCN(C)C)sc1CCCOc1ccc(C#CCN(C)C(=O)OC(C)(C)C)cc1F. The maximum absolute atomic E-state index is 14.6. The summed E-state index contributed by atoms with van der Waals surface area (Å²) in [6.45, 7) is 7.56. The number of nitrogens with zero attached hydrogens (tertiary/aromatic N) is 3. The quantitative estimate of drug-likeness (QED) is 0.201. The molecule has 1 aromatic heterocycles. The van der Waals surface area contributed by atoms with Gasteiger partial charge in [0.05, 0.1) is 20.3 Å². The maximum Gasteiger partial charge on any atom is 0.410 e. The van der Waals surface area contributed by atoms with Gasteiger partial charge < -0.3 is 29.3 Å². The monoisotopic (exact) mass is 576 g/mol. The van der Waals surface area contributed by atoms with Crippen LogP contribution < -0.4 is 10.1 Å². The predicted octanol–water partition coefficient (Wildman–Crippen LogP) is 5.05. The van der Waals surface area contributed by atoms with Gasteiger partial charge in [-0.25, -0.2) is 19.0 Å². The number of anilines is 1. The number of aromatic nitrogens is 1. The first-order valence-corrected chi connectivity index (χ1v) is 14.0. The Bertz CT molecular complexity index is 1180. The highest BCUT2D eigenvalue weighted by molar-refractivity contribution is 7.15. The van der Waals surface area contributed by atoms with E-state index in [0.29, 0.717) is 29.2 Å². The first kappa shape index (κ1) is 32.8. The molecule has 220 valence electrons. The van der Waals surface area contributed by atoms with Crippen molar-refractivity contribution in [3.63, 3.8) is 0 Å². The van der Waals surface area contributed by atoms with Crippen LogP contribution in [-0.4, -0.2) is 86.9 Å². The van der Waals surface area contributed by atoms with Gasteiger partial charge in [-0.05, 0) is 85.3 Å². The van der Waals surface area contributed by atoms with Crippen LogP contribution in [0.5, 0.6) is 5.75 Å². The van der Waals surface area contributed by atoms with Gasteiger partial charge in [-0.3, -0.25) is 0 Å². The topological polar surface area (TPSA) is 93.2 Å². The predicted molar refractivity (Wildman–Crippen MR) is 156 cm³/mol. The average molecular weight is 577 g/mol. The third-order valence-electron chi connectivity index (χ3n) is 5.38. The molecule has 11 heteroatoms. The van der Waals surface area contributed by atoms with Crippen molar-refractivity contribution in [3.8, 4) is 17.6 Å². The lowest BCUT2D eigenvalue weighted by Gasteiger charge is -2.23. The summed E-state index contributed by atoms with van der Waals surface area (Å²) in [7, 11) is 7.01. The zero-order chi connectivity index (χ0) is 29.7. The smallest absolute Gasteiger partial charge is 0.410 e. The molecule has 1 N–H and O–H groups in total. The van der Waals surface area contributed by atoms with Crippen molar-refractivity contribution in [1.82, 2.24) is 14.8 Å². The van der Waals surface area contributed by atoms with Crippen molar-refractivity contribution in [2.75, 3.05) is 59.8 Å². The van der Waals surface area contributed by atoms with E-state index in [0.717, 1.165) is 30.8 Å². The number of benzene rings is 1. The summed E-state index contributed by atoms with van der Waals surface area (Å²) in [6, 6.07) is 4.49. The zero-order valence-corrected chi connectivity index (χ0v) is 25.4. The summed E-state index contributed by atoms with van der Waals surface area (Å²) in [4.78, 5) is 32.9. The van der Waals surface area contributed by atoms with E-state index in [2.05, 4.69) is 27.0 Å². The van der Waals surface area contributed by atoms with Crippen molar-refractivity contribution in [2.24, 2.45) is 0 Å². The molecule has 1 aromatic carbocycles. The molecule has 0 bridgehead atoms. The fourth-order valence-corrected chi connectivity index (χ4v) is 4.39. The van der Waals surface area contributed by atoms with Gasteiger partial charge in [-0.15, -0.1) is 11.3 Å². The van der Waals surface area contributed by atoms with Gasteiger partial charge in [-0.2, -0.15) is 0 Å². The number of hydrogen-bond donors (Lipinski definition) is 1. The van der Waals surface area contributed by atoms with Crippen LogP contribution in [0.15, 0.2) is 18.2 Å². The number of thiazole rings is 1. The first-order valence-electron chi connectivity index (χ1n) is 13.2. The Morgan fingerprint density at radius 3 is 2.55 bits per heavy atom. The number of amides is 1. The number of rotatable bonds is 13. The Hall–Kier alpha value is -3.36. The van der Waals surface area contributed by atoms with Crippen molar-refractivity contribution in [1.29, 1.82) is 0 Å². The van der Waals surface area contributed by atoms with E-state index in [4.69, 9.17) is 14.2 Å². The molecule has 0 fully saturated rings. The lowest BCUT2D eigenvalue weighted by Crippen LogP contribution is -2.34. The largest absolute Gasteiger partial charge is 0.491 e. The number of esters is 1. The highest BCUT2D eigenvalue weighted by atomic mass is 32.1. The van der Waals surface area contributed by atoms with E-state index in [9.17, 15) is 14.0 Å². The Kier molecular flexibility index (Phi) is 13.2. The van der Waals surface area contributed by atoms with Crippen LogP contribution in [0.4, 0.5) is 14.3 Å². The molecule has 0 spiro atoms. The summed E-state index contributed by atoms with van der Waals surface area (Å²) in [5.41, 5.74) is 0.180. The van der Waals surface area contributed by atoms with Crippen molar-refractivity contribution < 1.29 is 28.2 Å². The molecule has 9 nitrogen and oxygen atoms in total. The maximum atomic E-state index is 14.6. The number of unbranched alkanes of at least 4 members (excludes halogenated alkanes) is 1. The summed E-state index contributed by atoms with van der Waals surface area (Å²) in [6.07, 6.45) is 2.69. The minimum absolute atomic E-state index is 0.119. The molecule has 0 aliphatic carbocycles. The molecule has 0 aliphatic heterocycles. The number of aryl methyl sites for hydroxylation is 1. The molecule has 0 saturated carbocycles. The van der Waals surface area contributed by atoms with Gasteiger partial charge in [-0.1, -0.05) is 11.8 Å². The van der Waals surface area contributed by atoms with E-state index in [1.807, 2.05) is 14.1 Å². The number of carbonyl (C=O) groups excluding carboxylic acids is 2. The Morgan fingerprint density at radius 1 is 1.15 bits per heavy atom. The van der Waals surface area contributed by atoms with Crippen LogP contribution in [0, 0.1) is 17.7 Å². The minimum Gasteiger partial charge on any atom is -0.491 e. The summed E-state index contributed by atoms with van der Waals surface area (Å²) < 4.78 is 30.4. The number of ether oxygens (including phenoxy) is 3. The molecule has 1 amide bonds. The van der Waals surface area contributed by atoms with E-state index in [-0.39, 0.29) is 18.9 Å². The second-order valence-corrected chi connectivity index (χ2v) is 11.5. The van der Waals surface area contributed by atoms with Crippen LogP contribution in [0.2, 0.25) is 0 Å². The van der Waals surface area contributed by atoms with Crippen LogP contribution in [-0.2, 0) is 15.9 Å². The van der Waals surface area contributed by atoms with E-state index in [1.165, 1.54) is 35.5 Å². The van der Waals surface area contributed by atoms with Gasteiger partial charge >= 0.3 is 12.1 Å². The van der Waals surface area contributed by atoms with Crippen molar-refractivity contribution >= 4 is 28.5 Å². The molecule has 0 saturated heterocycles. The van der Waals surface area contributed by atoms with E-state index in [1.54, 1.807) is 33.9 Å². The number of nitrogens with one attached hydrogen (secondary N) is 1. The third-order valence-corrected chi connectivity index (χ3v) is 6.45. The summed E-state index contributed by atoms with van der Waals surface area (Å²) in [5.74, 6) is 4.81. The van der Waals surface area contributed by atoms with Crippen LogP contribution >= 0.6 is 11.3 Å². The third kappa shape index (κ3) is 11.8. The van der Waals surface area contributed by atoms with Crippen molar-refractivity contribution in [3.05, 3.63) is 40.2 Å². The van der Waals surface area contributed by atoms with Gasteiger partial charge in [0.15, 0.2) is 22.4 Å². The fraction of sp³-hybridized carbons (Fsp3) is 0.552. The second kappa shape index (κ2) is 16.0. The normalized spacial score (nSPS) is 11.0. The van der Waals surface area contributed by atoms with E-state index >= 15 is 0 Å². The molecule has 2 rings (SSSR count). The van der Waals surface area contributed by atoms with Gasteiger partial charge in [0.2, 0.25) is 0 Å². The summed E-state index contributed by atoms with van der Waals surface area (Å²) in [5, 5.41) is 3.97. The molecular formula is C29H41FN4O5S. The molecule has 0 radical (unpaired) electrons. The standard InChI is InChI=1S/C29H41FN4O5S/c1-29(2,3)39-28(36)34(6)18-10-12-21-14-15-23(22(30)20-21)38-19-11-13-24-25(26(35)37-7)32-27(40-24)31-16-8-9-17-33(4)5/h14-15,20H,8-9,11,13,16-19H2,1-7H3,(H,31,32). The Labute approximate surface area is 241 Å². The van der Waals surface area contributed by atoms with Crippen LogP contribution in [0.1, 0.15) is 61.0 Å².